The van der Waals surface area contributed by atoms with Gasteiger partial charge in [0.05, 0.1) is 44.8 Å². The summed E-state index contributed by atoms with van der Waals surface area (Å²) in [5.74, 6) is 0.475. The number of carbonyl (C=O) groups is 6. The molecule has 3 aliphatic rings. The van der Waals surface area contributed by atoms with Gasteiger partial charge in [0.25, 0.3) is 35.4 Å². The fraction of sp³-hybridized carbons (Fsp3) is 0.189. The molecule has 3 heterocycles. The fourth-order valence-electron chi connectivity index (χ4n) is 12.4. The number of hydrogen-bond acceptors (Lipinski definition) is 9. The first-order chi connectivity index (χ1) is 41.1. The monoisotopic (exact) mass is 1140 g/mol. The lowest BCUT2D eigenvalue weighted by Crippen LogP contribution is -2.33. The molecule has 0 fully saturated rings. The van der Waals surface area contributed by atoms with Gasteiger partial charge in [0, 0.05) is 17.4 Å². The number of benzene rings is 9. The molecule has 12 heteroatoms. The summed E-state index contributed by atoms with van der Waals surface area (Å²) in [5.41, 5.74) is 12.5. The minimum absolute atomic E-state index is 0.0817. The summed E-state index contributed by atoms with van der Waals surface area (Å²) in [6.07, 6.45) is 0.297. The van der Waals surface area contributed by atoms with Gasteiger partial charge in [0.15, 0.2) is 0 Å². The van der Waals surface area contributed by atoms with E-state index in [2.05, 4.69) is 58.9 Å². The van der Waals surface area contributed by atoms with Crippen molar-refractivity contribution in [2.45, 2.75) is 86.5 Å². The molecule has 12 nitrogen and oxygen atoms in total. The van der Waals surface area contributed by atoms with Crippen LogP contribution < -0.4 is 24.0 Å². The lowest BCUT2D eigenvalue weighted by atomic mass is 9.78. The van der Waals surface area contributed by atoms with Gasteiger partial charge in [-0.15, -0.1) is 0 Å². The fourth-order valence-corrected chi connectivity index (χ4v) is 12.4. The molecule has 428 valence electrons. The summed E-state index contributed by atoms with van der Waals surface area (Å²) in [5, 5.41) is 0. The van der Waals surface area contributed by atoms with Crippen LogP contribution in [0.2, 0.25) is 0 Å². The highest BCUT2D eigenvalue weighted by molar-refractivity contribution is 6.36. The van der Waals surface area contributed by atoms with Gasteiger partial charge in [0.2, 0.25) is 0 Å². The van der Waals surface area contributed by atoms with E-state index in [4.69, 9.17) is 14.2 Å². The Bertz CT molecular complexity index is 4310. The van der Waals surface area contributed by atoms with Crippen LogP contribution in [-0.2, 0) is 17.3 Å². The standard InChI is InChI=1S/C74H63N3O9/c1-42-14-16-48(17-15-42)73(7,8)49-18-24-52(25-19-49)84-55-30-33-59-62(39-55)68(79)75(67(59)78)37-36-58-45(4)38-46(5)66(47(58)6)77-70(81)61-35-32-57(41-64(61)72(77)83)86-54-28-22-51(23-29-54)74(9,10)50-20-26-53(27-21-50)85-56-31-34-60-63(40-56)71(82)76(69(60)80)65-43(2)12-11-13-44(65)3/h11-35,38-41H,36-37H2,1-10H3. The van der Waals surface area contributed by atoms with Crippen molar-refractivity contribution >= 4 is 46.8 Å². The van der Waals surface area contributed by atoms with Gasteiger partial charge < -0.3 is 14.2 Å². The van der Waals surface area contributed by atoms with Gasteiger partial charge in [-0.3, -0.25) is 33.7 Å². The number of aryl methyl sites for hydroxylation is 5. The molecule has 0 aromatic heterocycles. The molecule has 0 N–H and O–H groups in total. The second-order valence-corrected chi connectivity index (χ2v) is 23.7. The molecule has 9 aromatic rings. The van der Waals surface area contributed by atoms with Crippen LogP contribution in [0.1, 0.15) is 151 Å². The Balaban J connectivity index is 0.682. The lowest BCUT2D eigenvalue weighted by Gasteiger charge is -2.26. The molecule has 0 saturated carbocycles. The first-order valence-electron chi connectivity index (χ1n) is 28.7. The lowest BCUT2D eigenvalue weighted by molar-refractivity contribution is 0.0654. The zero-order valence-electron chi connectivity index (χ0n) is 49.7. The minimum Gasteiger partial charge on any atom is -0.457 e. The average molecular weight is 1140 g/mol. The van der Waals surface area contributed by atoms with Crippen molar-refractivity contribution in [2.75, 3.05) is 16.3 Å². The molecule has 3 aliphatic heterocycles. The normalized spacial score (nSPS) is 13.9. The quantitative estimate of drug-likeness (QED) is 0.0918. The molecule has 0 unspecified atom stereocenters. The number of anilines is 2. The van der Waals surface area contributed by atoms with Gasteiger partial charge >= 0.3 is 0 Å². The first kappa shape index (κ1) is 56.3. The second kappa shape index (κ2) is 21.5. The zero-order chi connectivity index (χ0) is 60.7. The molecular formula is C74H63N3O9. The molecule has 0 aliphatic carbocycles. The number of fused-ring (bicyclic) bond motifs is 3. The first-order valence-corrected chi connectivity index (χ1v) is 28.7. The Morgan fingerprint density at radius 2 is 0.674 bits per heavy atom. The SMILES string of the molecule is Cc1ccc(C(C)(C)c2ccc(Oc3ccc4c(c3)C(=O)N(CCc3c(C)cc(C)c(N5C(=O)c6ccc(Oc7ccc(C(C)(C)c8ccc(Oc9ccc%10c(c9)C(=O)N(c9c(C)cccc9C)C%10=O)cc8)cc7)cc6C5=O)c3C)C4=O)cc2)cc1. The number of para-hydroxylation sites is 1. The number of imide groups is 3. The van der Waals surface area contributed by atoms with Crippen LogP contribution in [0, 0.1) is 41.5 Å². The third kappa shape index (κ3) is 9.80. The van der Waals surface area contributed by atoms with Gasteiger partial charge in [0.1, 0.15) is 34.5 Å². The van der Waals surface area contributed by atoms with E-state index in [-0.39, 0.29) is 40.5 Å². The maximum atomic E-state index is 14.4. The molecule has 0 radical (unpaired) electrons. The molecule has 9 aromatic carbocycles. The van der Waals surface area contributed by atoms with Crippen LogP contribution in [-0.4, -0.2) is 46.9 Å². The van der Waals surface area contributed by atoms with Crippen molar-refractivity contribution < 1.29 is 43.0 Å². The van der Waals surface area contributed by atoms with Crippen molar-refractivity contribution in [3.63, 3.8) is 0 Å². The summed E-state index contributed by atoms with van der Waals surface area (Å²) in [4.78, 5) is 87.1. The number of nitrogens with zero attached hydrogens (tertiary/aromatic N) is 3. The summed E-state index contributed by atoms with van der Waals surface area (Å²) < 4.78 is 18.7. The van der Waals surface area contributed by atoms with Gasteiger partial charge in [-0.25, -0.2) is 9.80 Å². The minimum atomic E-state index is -0.482. The van der Waals surface area contributed by atoms with Crippen LogP contribution in [0.5, 0.6) is 34.5 Å². The summed E-state index contributed by atoms with van der Waals surface area (Å²) in [6.45, 7) is 20.2. The van der Waals surface area contributed by atoms with Gasteiger partial charge in [-0.05, 0) is 195 Å². The maximum Gasteiger partial charge on any atom is 0.266 e. The highest BCUT2D eigenvalue weighted by atomic mass is 16.5. The Labute approximate surface area is 500 Å². The number of rotatable bonds is 15. The van der Waals surface area contributed by atoms with E-state index in [1.54, 1.807) is 54.6 Å². The molecule has 0 spiro atoms. The van der Waals surface area contributed by atoms with Gasteiger partial charge in [-0.2, -0.15) is 0 Å². The Kier molecular flexibility index (Phi) is 14.0. The van der Waals surface area contributed by atoms with E-state index in [9.17, 15) is 28.8 Å². The molecule has 86 heavy (non-hydrogen) atoms. The van der Waals surface area contributed by atoms with E-state index in [1.807, 2.05) is 132 Å². The van der Waals surface area contributed by atoms with E-state index >= 15 is 0 Å². The molecule has 0 bridgehead atoms. The Morgan fingerprint density at radius 3 is 1.09 bits per heavy atom. The van der Waals surface area contributed by atoms with Gasteiger partial charge in [-0.1, -0.05) is 118 Å². The highest BCUT2D eigenvalue weighted by Crippen LogP contribution is 2.42. The second-order valence-electron chi connectivity index (χ2n) is 23.7. The predicted molar refractivity (Wildman–Crippen MR) is 332 cm³/mol. The third-order valence-electron chi connectivity index (χ3n) is 17.4. The van der Waals surface area contributed by atoms with E-state index in [1.165, 1.54) is 25.8 Å². The number of ether oxygens (including phenoxy) is 3. The Hall–Kier alpha value is -10.2. The van der Waals surface area contributed by atoms with Crippen molar-refractivity contribution in [3.8, 4) is 34.5 Å². The van der Waals surface area contributed by atoms with Crippen LogP contribution in [0.15, 0.2) is 176 Å². The van der Waals surface area contributed by atoms with E-state index < -0.39 is 29.0 Å². The predicted octanol–water partition coefficient (Wildman–Crippen LogP) is 16.0. The van der Waals surface area contributed by atoms with Crippen molar-refractivity contribution in [3.05, 3.63) is 271 Å². The Morgan fingerprint density at radius 1 is 0.337 bits per heavy atom. The molecule has 6 amide bonds. The summed E-state index contributed by atoms with van der Waals surface area (Å²) >= 11 is 0. The largest absolute Gasteiger partial charge is 0.457 e. The number of amides is 6. The third-order valence-corrected chi connectivity index (χ3v) is 17.4. The molecule has 0 atom stereocenters. The van der Waals surface area contributed by atoms with E-state index in [0.717, 1.165) is 44.5 Å². The molecular weight excluding hydrogens is 1070 g/mol. The zero-order valence-corrected chi connectivity index (χ0v) is 49.7. The van der Waals surface area contributed by atoms with Crippen molar-refractivity contribution in [2.24, 2.45) is 0 Å². The van der Waals surface area contributed by atoms with Crippen LogP contribution in [0.25, 0.3) is 0 Å². The van der Waals surface area contributed by atoms with Crippen LogP contribution in [0.3, 0.4) is 0 Å². The maximum absolute atomic E-state index is 14.4. The van der Waals surface area contributed by atoms with E-state index in [0.29, 0.717) is 74.5 Å². The summed E-state index contributed by atoms with van der Waals surface area (Å²) in [7, 11) is 0. The highest BCUT2D eigenvalue weighted by Gasteiger charge is 2.41. The average Bonchev–Trinajstić information content (AvgIpc) is 2.70. The topological polar surface area (TPSA) is 140 Å². The van der Waals surface area contributed by atoms with Crippen molar-refractivity contribution in [1.82, 2.24) is 4.90 Å². The molecule has 12 rings (SSSR count). The van der Waals surface area contributed by atoms with Crippen LogP contribution >= 0.6 is 0 Å². The summed E-state index contributed by atoms with van der Waals surface area (Å²) in [6, 6.07) is 54.3. The number of carbonyl (C=O) groups excluding carboxylic acids is 6. The molecule has 0 saturated heterocycles. The van der Waals surface area contributed by atoms with Crippen LogP contribution in [0.4, 0.5) is 11.4 Å². The smallest absolute Gasteiger partial charge is 0.266 e. The van der Waals surface area contributed by atoms with Crippen molar-refractivity contribution in [1.29, 1.82) is 0 Å². The number of hydrogen-bond donors (Lipinski definition) is 0.